The van der Waals surface area contributed by atoms with Crippen LogP contribution in [0, 0.1) is 6.92 Å². The number of rotatable bonds is 4. The summed E-state index contributed by atoms with van der Waals surface area (Å²) in [7, 11) is 4.08. The zero-order chi connectivity index (χ0) is 20.5. The summed E-state index contributed by atoms with van der Waals surface area (Å²) in [5.41, 5.74) is 3.86. The second-order valence-corrected chi connectivity index (χ2v) is 8.66. The van der Waals surface area contributed by atoms with Crippen molar-refractivity contribution in [2.24, 2.45) is 0 Å². The minimum absolute atomic E-state index is 0.0596. The first-order valence-corrected chi connectivity index (χ1v) is 10.5. The van der Waals surface area contributed by atoms with Crippen LogP contribution >= 0.6 is 0 Å². The van der Waals surface area contributed by atoms with Crippen molar-refractivity contribution in [1.82, 2.24) is 19.4 Å². The summed E-state index contributed by atoms with van der Waals surface area (Å²) < 4.78 is 1.91. The molecule has 6 heteroatoms. The largest absolute Gasteiger partial charge is 0.337 e. The molecule has 154 valence electrons. The van der Waals surface area contributed by atoms with E-state index in [4.69, 9.17) is 4.98 Å². The Bertz CT molecular complexity index is 962. The molecule has 0 saturated heterocycles. The van der Waals surface area contributed by atoms with Gasteiger partial charge in [0.25, 0.3) is 5.56 Å². The van der Waals surface area contributed by atoms with Gasteiger partial charge in [-0.25, -0.2) is 4.98 Å². The van der Waals surface area contributed by atoms with E-state index in [1.165, 1.54) is 5.56 Å². The molecule has 1 aromatic carbocycles. The lowest BCUT2D eigenvalue weighted by molar-refractivity contribution is -0.131. The zero-order valence-corrected chi connectivity index (χ0v) is 17.6. The van der Waals surface area contributed by atoms with Crippen molar-refractivity contribution in [3.05, 3.63) is 62.8 Å². The highest BCUT2D eigenvalue weighted by Gasteiger charge is 2.30. The van der Waals surface area contributed by atoms with Gasteiger partial charge in [0.1, 0.15) is 5.82 Å². The van der Waals surface area contributed by atoms with Crippen molar-refractivity contribution in [2.45, 2.75) is 51.6 Å². The number of aromatic nitrogens is 2. The van der Waals surface area contributed by atoms with Gasteiger partial charge in [-0.1, -0.05) is 29.8 Å². The average molecular weight is 395 g/mol. The maximum Gasteiger partial charge on any atom is 0.259 e. The zero-order valence-electron chi connectivity index (χ0n) is 17.6. The summed E-state index contributed by atoms with van der Waals surface area (Å²) in [4.78, 5) is 35.1. The summed E-state index contributed by atoms with van der Waals surface area (Å²) in [6, 6.07) is 8.23. The molecule has 6 nitrogen and oxygen atoms in total. The second kappa shape index (κ2) is 8.11. The fourth-order valence-electron chi connectivity index (χ4n) is 4.52. The molecule has 0 N–H and O–H groups in total. The van der Waals surface area contributed by atoms with E-state index in [2.05, 4.69) is 4.90 Å². The smallest absolute Gasteiger partial charge is 0.259 e. The molecule has 4 rings (SSSR count). The van der Waals surface area contributed by atoms with Gasteiger partial charge in [0, 0.05) is 25.9 Å². The van der Waals surface area contributed by atoms with Crippen molar-refractivity contribution < 1.29 is 4.79 Å². The summed E-state index contributed by atoms with van der Waals surface area (Å²) in [5.74, 6) is 0.998. The molecule has 0 radical (unpaired) electrons. The standard InChI is InChI=1S/C23H30N4O2/c1-16-7-9-17(10-8-16)13-22(28)26-12-11-20-19(15-26)23(29)27-18(14-25(2)3)5-4-6-21(27)24-20/h7-10,18H,4-6,11-15H2,1-3H3. The van der Waals surface area contributed by atoms with Gasteiger partial charge in [-0.15, -0.1) is 0 Å². The van der Waals surface area contributed by atoms with Gasteiger partial charge >= 0.3 is 0 Å². The molecule has 29 heavy (non-hydrogen) atoms. The van der Waals surface area contributed by atoms with Crippen molar-refractivity contribution in [2.75, 3.05) is 27.2 Å². The highest BCUT2D eigenvalue weighted by molar-refractivity contribution is 5.79. The van der Waals surface area contributed by atoms with Crippen LogP contribution in [0.4, 0.5) is 0 Å². The quantitative estimate of drug-likeness (QED) is 0.797. The fourth-order valence-corrected chi connectivity index (χ4v) is 4.52. The maximum absolute atomic E-state index is 13.4. The van der Waals surface area contributed by atoms with E-state index in [0.29, 0.717) is 31.5 Å². The van der Waals surface area contributed by atoms with Crippen LogP contribution in [0.25, 0.3) is 0 Å². The SMILES string of the molecule is Cc1ccc(CC(=O)N2CCc3nc4n(c(=O)c3C2)C(CN(C)C)CCC4)cc1. The Morgan fingerprint density at radius 1 is 1.21 bits per heavy atom. The van der Waals surface area contributed by atoms with Crippen LogP contribution in [-0.2, 0) is 30.6 Å². The first-order chi connectivity index (χ1) is 13.9. The van der Waals surface area contributed by atoms with Crippen LogP contribution < -0.4 is 5.56 Å². The molecule has 1 aromatic heterocycles. The van der Waals surface area contributed by atoms with Crippen molar-refractivity contribution in [3.8, 4) is 0 Å². The molecule has 0 fully saturated rings. The Morgan fingerprint density at radius 2 is 1.97 bits per heavy atom. The summed E-state index contributed by atoms with van der Waals surface area (Å²) in [6.07, 6.45) is 3.98. The average Bonchev–Trinajstić information content (AvgIpc) is 2.69. The lowest BCUT2D eigenvalue weighted by atomic mass is 10.00. The van der Waals surface area contributed by atoms with Gasteiger partial charge in [-0.05, 0) is 39.4 Å². The number of amides is 1. The molecule has 1 unspecified atom stereocenters. The minimum Gasteiger partial charge on any atom is -0.337 e. The number of nitrogens with zero attached hydrogens (tertiary/aromatic N) is 4. The Kier molecular flexibility index (Phi) is 5.54. The number of likely N-dealkylation sites (N-methyl/N-ethyl adjacent to an activating group) is 1. The molecule has 1 atom stereocenters. The third-order valence-corrected chi connectivity index (χ3v) is 6.04. The predicted octanol–water partition coefficient (Wildman–Crippen LogP) is 2.12. The third kappa shape index (κ3) is 4.13. The Hall–Kier alpha value is -2.47. The summed E-state index contributed by atoms with van der Waals surface area (Å²) in [6.45, 7) is 3.89. The van der Waals surface area contributed by atoms with E-state index < -0.39 is 0 Å². The van der Waals surface area contributed by atoms with Gasteiger partial charge in [0.15, 0.2) is 0 Å². The van der Waals surface area contributed by atoms with Crippen LogP contribution in [0.3, 0.4) is 0 Å². The Morgan fingerprint density at radius 3 is 2.69 bits per heavy atom. The third-order valence-electron chi connectivity index (χ3n) is 6.04. The van der Waals surface area contributed by atoms with E-state index in [1.807, 2.05) is 54.8 Å². The molecule has 0 spiro atoms. The molecule has 0 saturated carbocycles. The number of aryl methyl sites for hydroxylation is 2. The van der Waals surface area contributed by atoms with Crippen molar-refractivity contribution >= 4 is 5.91 Å². The first-order valence-electron chi connectivity index (χ1n) is 10.5. The van der Waals surface area contributed by atoms with Crippen LogP contribution in [-0.4, -0.2) is 52.4 Å². The van der Waals surface area contributed by atoms with Crippen LogP contribution in [0.15, 0.2) is 29.1 Å². The first kappa shape index (κ1) is 19.8. The number of hydrogen-bond acceptors (Lipinski definition) is 4. The molecular formula is C23H30N4O2. The van der Waals surface area contributed by atoms with E-state index >= 15 is 0 Å². The van der Waals surface area contributed by atoms with Crippen LogP contribution in [0.2, 0.25) is 0 Å². The second-order valence-electron chi connectivity index (χ2n) is 8.66. The van der Waals surface area contributed by atoms with Gasteiger partial charge < -0.3 is 9.80 Å². The van der Waals surface area contributed by atoms with Gasteiger partial charge in [-0.3, -0.25) is 14.2 Å². The minimum atomic E-state index is 0.0596. The fraction of sp³-hybridized carbons (Fsp3) is 0.522. The van der Waals surface area contributed by atoms with Gasteiger partial charge in [0.05, 0.1) is 30.3 Å². The molecule has 3 heterocycles. The van der Waals surface area contributed by atoms with Gasteiger partial charge in [0.2, 0.25) is 5.91 Å². The molecule has 2 aliphatic rings. The highest BCUT2D eigenvalue weighted by atomic mass is 16.2. The van der Waals surface area contributed by atoms with Crippen LogP contribution in [0.5, 0.6) is 0 Å². The highest BCUT2D eigenvalue weighted by Crippen LogP contribution is 2.25. The molecule has 2 aromatic rings. The van der Waals surface area contributed by atoms with Crippen LogP contribution in [0.1, 0.15) is 47.1 Å². The topological polar surface area (TPSA) is 58.4 Å². The molecular weight excluding hydrogens is 364 g/mol. The van der Waals surface area contributed by atoms with E-state index in [-0.39, 0.29) is 17.5 Å². The van der Waals surface area contributed by atoms with E-state index in [1.54, 1.807) is 0 Å². The van der Waals surface area contributed by atoms with Gasteiger partial charge in [-0.2, -0.15) is 0 Å². The van der Waals surface area contributed by atoms with E-state index in [0.717, 1.165) is 42.9 Å². The van der Waals surface area contributed by atoms with Crippen molar-refractivity contribution in [3.63, 3.8) is 0 Å². The summed E-state index contributed by atoms with van der Waals surface area (Å²) >= 11 is 0. The Balaban J connectivity index is 1.58. The number of carbonyl (C=O) groups excluding carboxylic acids is 1. The maximum atomic E-state index is 13.4. The van der Waals surface area contributed by atoms with E-state index in [9.17, 15) is 9.59 Å². The normalized spacial score (nSPS) is 18.5. The number of fused-ring (bicyclic) bond motifs is 2. The molecule has 1 amide bonds. The Labute approximate surface area is 172 Å². The lowest BCUT2D eigenvalue weighted by Gasteiger charge is -2.33. The molecule has 0 aliphatic carbocycles. The molecule has 0 bridgehead atoms. The monoisotopic (exact) mass is 394 g/mol. The number of carbonyl (C=O) groups is 1. The van der Waals surface area contributed by atoms with Crippen molar-refractivity contribution in [1.29, 1.82) is 0 Å². The predicted molar refractivity (Wildman–Crippen MR) is 113 cm³/mol. The molecule has 2 aliphatic heterocycles. The number of hydrogen-bond donors (Lipinski definition) is 0. The number of benzene rings is 1. The lowest BCUT2D eigenvalue weighted by Crippen LogP contribution is -2.45. The summed E-state index contributed by atoms with van der Waals surface area (Å²) in [5, 5.41) is 0.